The van der Waals surface area contributed by atoms with Gasteiger partial charge in [-0.25, -0.2) is 0 Å². The van der Waals surface area contributed by atoms with Gasteiger partial charge in [-0.1, -0.05) is 13.8 Å². The molecule has 2 atom stereocenters. The maximum Gasteiger partial charge on any atom is 0.225 e. The van der Waals surface area contributed by atoms with Crippen LogP contribution in [0.5, 0.6) is 0 Å². The molecular weight excluding hydrogens is 212 g/mol. The van der Waals surface area contributed by atoms with E-state index in [1.807, 2.05) is 0 Å². The van der Waals surface area contributed by atoms with Crippen molar-refractivity contribution in [3.05, 3.63) is 0 Å². The maximum absolute atomic E-state index is 12.3. The minimum absolute atomic E-state index is 0.264. The molecule has 2 fully saturated rings. The molecule has 3 heteroatoms. The van der Waals surface area contributed by atoms with Crippen LogP contribution in [-0.4, -0.2) is 36.5 Å². The molecule has 0 bridgehead atoms. The van der Waals surface area contributed by atoms with E-state index >= 15 is 0 Å². The number of likely N-dealkylation sites (tertiary alicyclic amines) is 1. The van der Waals surface area contributed by atoms with E-state index in [1.54, 1.807) is 0 Å². The fraction of sp³-hybridized carbons (Fsp3) is 0.929. The Morgan fingerprint density at radius 1 is 1.41 bits per heavy atom. The van der Waals surface area contributed by atoms with Crippen LogP contribution in [0.4, 0.5) is 0 Å². The molecule has 1 aliphatic carbocycles. The maximum atomic E-state index is 12.3. The predicted molar refractivity (Wildman–Crippen MR) is 69.8 cm³/mol. The zero-order chi connectivity index (χ0) is 12.3. The number of hydrogen-bond donors (Lipinski definition) is 1. The van der Waals surface area contributed by atoms with E-state index in [1.165, 1.54) is 25.7 Å². The molecular formula is C14H26N2O. The Kier molecular flexibility index (Phi) is 4.43. The van der Waals surface area contributed by atoms with E-state index in [-0.39, 0.29) is 5.92 Å². The number of carbonyl (C=O) groups excluding carboxylic acids is 1. The lowest BCUT2D eigenvalue weighted by molar-refractivity contribution is -0.137. The summed E-state index contributed by atoms with van der Waals surface area (Å²) < 4.78 is 0. The van der Waals surface area contributed by atoms with Gasteiger partial charge in [0, 0.05) is 25.0 Å². The first-order valence-corrected chi connectivity index (χ1v) is 7.24. The Bertz CT molecular complexity index is 263. The summed E-state index contributed by atoms with van der Waals surface area (Å²) in [4.78, 5) is 14.4. The third-order valence-electron chi connectivity index (χ3n) is 4.13. The summed E-state index contributed by atoms with van der Waals surface area (Å²) in [6, 6.07) is 0.527. The molecule has 0 aromatic carbocycles. The van der Waals surface area contributed by atoms with Gasteiger partial charge in [-0.2, -0.15) is 0 Å². The molecule has 1 amide bonds. The second-order valence-electron chi connectivity index (χ2n) is 5.70. The Balaban J connectivity index is 1.81. The van der Waals surface area contributed by atoms with Gasteiger partial charge in [0.25, 0.3) is 0 Å². The first-order chi connectivity index (χ1) is 8.22. The first kappa shape index (κ1) is 12.9. The smallest absolute Gasteiger partial charge is 0.225 e. The molecule has 98 valence electrons. The summed E-state index contributed by atoms with van der Waals surface area (Å²) in [5.74, 6) is 1.35. The lowest BCUT2D eigenvalue weighted by Crippen LogP contribution is -2.49. The van der Waals surface area contributed by atoms with E-state index in [0.29, 0.717) is 17.9 Å². The van der Waals surface area contributed by atoms with Crippen LogP contribution in [-0.2, 0) is 4.79 Å². The van der Waals surface area contributed by atoms with Gasteiger partial charge in [-0.3, -0.25) is 4.79 Å². The van der Waals surface area contributed by atoms with Crippen LogP contribution in [0.1, 0.15) is 46.0 Å². The molecule has 0 spiro atoms. The summed E-state index contributed by atoms with van der Waals surface area (Å²) in [5, 5.41) is 3.55. The topological polar surface area (TPSA) is 32.3 Å². The lowest BCUT2D eigenvalue weighted by atomic mass is 10.0. The molecule has 3 nitrogen and oxygen atoms in total. The van der Waals surface area contributed by atoms with Crippen molar-refractivity contribution >= 4 is 5.91 Å². The number of nitrogens with one attached hydrogen (secondary N) is 1. The van der Waals surface area contributed by atoms with Crippen LogP contribution < -0.4 is 5.32 Å². The van der Waals surface area contributed by atoms with Crippen LogP contribution in [0.3, 0.4) is 0 Å². The Morgan fingerprint density at radius 2 is 2.18 bits per heavy atom. The molecule has 1 saturated heterocycles. The second kappa shape index (κ2) is 5.85. The fourth-order valence-electron chi connectivity index (χ4n) is 2.78. The Labute approximate surface area is 105 Å². The molecule has 1 aliphatic heterocycles. The molecule has 0 aromatic rings. The molecule has 1 heterocycles. The van der Waals surface area contributed by atoms with Gasteiger partial charge in [0.2, 0.25) is 5.91 Å². The third kappa shape index (κ3) is 3.44. The van der Waals surface area contributed by atoms with Crippen LogP contribution >= 0.6 is 0 Å². The minimum atomic E-state index is 0.264. The van der Waals surface area contributed by atoms with Gasteiger partial charge >= 0.3 is 0 Å². The lowest BCUT2D eigenvalue weighted by Gasteiger charge is -2.35. The number of rotatable bonds is 5. The highest BCUT2D eigenvalue weighted by Gasteiger charge is 2.36. The first-order valence-electron chi connectivity index (χ1n) is 7.24. The quantitative estimate of drug-likeness (QED) is 0.795. The summed E-state index contributed by atoms with van der Waals surface area (Å²) in [5.41, 5.74) is 0. The average molecular weight is 238 g/mol. The molecule has 2 unspecified atom stereocenters. The van der Waals surface area contributed by atoms with E-state index in [9.17, 15) is 4.79 Å². The highest BCUT2D eigenvalue weighted by molar-refractivity contribution is 5.79. The number of piperidine rings is 1. The molecule has 1 N–H and O–H groups in total. The highest BCUT2D eigenvalue weighted by Crippen LogP contribution is 2.37. The third-order valence-corrected chi connectivity index (χ3v) is 4.13. The Morgan fingerprint density at radius 3 is 2.82 bits per heavy atom. The van der Waals surface area contributed by atoms with Crippen molar-refractivity contribution in [1.82, 2.24) is 10.2 Å². The van der Waals surface area contributed by atoms with Crippen LogP contribution in [0, 0.1) is 11.8 Å². The number of hydrogen-bond acceptors (Lipinski definition) is 2. The molecule has 0 radical (unpaired) electrons. The number of nitrogens with zero attached hydrogens (tertiary/aromatic N) is 1. The highest BCUT2D eigenvalue weighted by atomic mass is 16.2. The van der Waals surface area contributed by atoms with Gasteiger partial charge in [-0.05, 0) is 44.6 Å². The van der Waals surface area contributed by atoms with E-state index in [0.717, 1.165) is 26.1 Å². The predicted octanol–water partition coefficient (Wildman–Crippen LogP) is 2.02. The second-order valence-corrected chi connectivity index (χ2v) is 5.70. The van der Waals surface area contributed by atoms with Crippen molar-refractivity contribution in [2.75, 3.05) is 19.6 Å². The van der Waals surface area contributed by atoms with Gasteiger partial charge in [-0.15, -0.1) is 0 Å². The molecule has 2 rings (SSSR count). The molecule has 1 saturated carbocycles. The molecule has 17 heavy (non-hydrogen) atoms. The van der Waals surface area contributed by atoms with E-state index < -0.39 is 0 Å². The number of amides is 1. The van der Waals surface area contributed by atoms with Gasteiger partial charge < -0.3 is 10.2 Å². The van der Waals surface area contributed by atoms with Crippen molar-refractivity contribution in [2.45, 2.75) is 52.0 Å². The van der Waals surface area contributed by atoms with Crippen molar-refractivity contribution in [2.24, 2.45) is 11.8 Å². The number of carbonyl (C=O) groups is 1. The van der Waals surface area contributed by atoms with Crippen molar-refractivity contribution < 1.29 is 4.79 Å². The monoisotopic (exact) mass is 238 g/mol. The van der Waals surface area contributed by atoms with Crippen LogP contribution in [0.25, 0.3) is 0 Å². The van der Waals surface area contributed by atoms with Crippen LogP contribution in [0.15, 0.2) is 0 Å². The zero-order valence-corrected chi connectivity index (χ0v) is 11.2. The van der Waals surface area contributed by atoms with E-state index in [2.05, 4.69) is 24.1 Å². The summed E-state index contributed by atoms with van der Waals surface area (Å²) >= 11 is 0. The standard InChI is InChI=1S/C14H26N2O/c1-3-8-15-13-5-4-9-16(10-13)14(17)11(2)12-6-7-12/h11-13,15H,3-10H2,1-2H3. The minimum Gasteiger partial charge on any atom is -0.341 e. The van der Waals surface area contributed by atoms with Crippen molar-refractivity contribution in [3.8, 4) is 0 Å². The summed E-state index contributed by atoms with van der Waals surface area (Å²) in [6.45, 7) is 7.28. The normalized spacial score (nSPS) is 26.9. The Hall–Kier alpha value is -0.570. The van der Waals surface area contributed by atoms with Gasteiger partial charge in [0.05, 0.1) is 0 Å². The fourth-order valence-corrected chi connectivity index (χ4v) is 2.78. The van der Waals surface area contributed by atoms with Crippen molar-refractivity contribution in [1.29, 1.82) is 0 Å². The van der Waals surface area contributed by atoms with Crippen LogP contribution in [0.2, 0.25) is 0 Å². The van der Waals surface area contributed by atoms with Crippen molar-refractivity contribution in [3.63, 3.8) is 0 Å². The van der Waals surface area contributed by atoms with Gasteiger partial charge in [0.15, 0.2) is 0 Å². The molecule has 0 aromatic heterocycles. The van der Waals surface area contributed by atoms with E-state index in [4.69, 9.17) is 0 Å². The van der Waals surface area contributed by atoms with Gasteiger partial charge in [0.1, 0.15) is 0 Å². The zero-order valence-electron chi connectivity index (χ0n) is 11.2. The molecule has 2 aliphatic rings. The summed E-state index contributed by atoms with van der Waals surface area (Å²) in [7, 11) is 0. The SMILES string of the molecule is CCCNC1CCCN(C(=O)C(C)C2CC2)C1. The largest absolute Gasteiger partial charge is 0.341 e. The summed E-state index contributed by atoms with van der Waals surface area (Å²) in [6.07, 6.45) is 6.07. The average Bonchev–Trinajstić information content (AvgIpc) is 3.19.